The minimum atomic E-state index is -0.613. The van der Waals surface area contributed by atoms with Crippen LogP contribution in [0.2, 0.25) is 10.0 Å². The Balaban J connectivity index is 1.61. The number of rotatable bonds is 3. The van der Waals surface area contributed by atoms with Crippen molar-refractivity contribution in [3.63, 3.8) is 0 Å². The van der Waals surface area contributed by atoms with Gasteiger partial charge < -0.3 is 14.6 Å². The SMILES string of the molecule is COc1ccc(C2=NN3[C@@H](C2)c2cc(Cl)ccc2O[C@H]3c2cc(Cl)ccc2O)cc1. The van der Waals surface area contributed by atoms with Crippen LogP contribution in [0.3, 0.4) is 0 Å². The van der Waals surface area contributed by atoms with Crippen LogP contribution in [0.15, 0.2) is 65.8 Å². The summed E-state index contributed by atoms with van der Waals surface area (Å²) in [5.41, 5.74) is 3.45. The van der Waals surface area contributed by atoms with Crippen molar-refractivity contribution >= 4 is 28.9 Å². The first-order chi connectivity index (χ1) is 14.5. The fourth-order valence-corrected chi connectivity index (χ4v) is 4.31. The number of nitrogens with zero attached hydrogens (tertiary/aromatic N) is 2. The summed E-state index contributed by atoms with van der Waals surface area (Å²) >= 11 is 12.5. The van der Waals surface area contributed by atoms with Gasteiger partial charge in [-0.05, 0) is 66.2 Å². The average molecular weight is 441 g/mol. The van der Waals surface area contributed by atoms with Crippen molar-refractivity contribution < 1.29 is 14.6 Å². The summed E-state index contributed by atoms with van der Waals surface area (Å²) in [5, 5.41) is 18.4. The van der Waals surface area contributed by atoms with Gasteiger partial charge >= 0.3 is 0 Å². The zero-order valence-corrected chi connectivity index (χ0v) is 17.6. The molecule has 0 bridgehead atoms. The number of phenolic OH excluding ortho intramolecular Hbond substituents is 1. The van der Waals surface area contributed by atoms with Gasteiger partial charge in [0.1, 0.15) is 17.2 Å². The molecule has 5 nitrogen and oxygen atoms in total. The summed E-state index contributed by atoms with van der Waals surface area (Å²) in [4.78, 5) is 0. The fourth-order valence-electron chi connectivity index (χ4n) is 3.94. The number of fused-ring (bicyclic) bond motifs is 3. The molecular formula is C23H18Cl2N2O3. The van der Waals surface area contributed by atoms with Crippen LogP contribution in [0.5, 0.6) is 17.2 Å². The molecule has 0 saturated heterocycles. The van der Waals surface area contributed by atoms with Gasteiger partial charge in [-0.1, -0.05) is 23.2 Å². The van der Waals surface area contributed by atoms with E-state index in [0.717, 1.165) is 28.3 Å². The molecule has 2 heterocycles. The summed E-state index contributed by atoms with van der Waals surface area (Å²) < 4.78 is 11.5. The van der Waals surface area contributed by atoms with Gasteiger partial charge in [-0.15, -0.1) is 0 Å². The van der Waals surface area contributed by atoms with E-state index in [1.165, 1.54) is 0 Å². The first-order valence-electron chi connectivity index (χ1n) is 9.48. The molecule has 3 aromatic carbocycles. The lowest BCUT2D eigenvalue weighted by atomic mass is 9.95. The summed E-state index contributed by atoms with van der Waals surface area (Å²) in [6.07, 6.45) is 0.0686. The topological polar surface area (TPSA) is 54.3 Å². The van der Waals surface area contributed by atoms with Gasteiger partial charge in [0.25, 0.3) is 0 Å². The van der Waals surface area contributed by atoms with Crippen molar-refractivity contribution in [2.24, 2.45) is 5.10 Å². The molecular weight excluding hydrogens is 423 g/mol. The van der Waals surface area contributed by atoms with Crippen LogP contribution in [0.25, 0.3) is 0 Å². The Bertz CT molecular complexity index is 1150. The maximum Gasteiger partial charge on any atom is 0.217 e. The van der Waals surface area contributed by atoms with Gasteiger partial charge in [-0.2, -0.15) is 5.10 Å². The second-order valence-electron chi connectivity index (χ2n) is 7.23. The highest BCUT2D eigenvalue weighted by Crippen LogP contribution is 2.49. The third-order valence-corrected chi connectivity index (χ3v) is 5.90. The number of hydrogen-bond acceptors (Lipinski definition) is 5. The average Bonchev–Trinajstić information content (AvgIpc) is 3.21. The van der Waals surface area contributed by atoms with E-state index in [1.807, 2.05) is 41.4 Å². The quantitative estimate of drug-likeness (QED) is 0.546. The molecule has 1 N–H and O–H groups in total. The predicted molar refractivity (Wildman–Crippen MR) is 117 cm³/mol. The number of hydrogen-bond donors (Lipinski definition) is 1. The van der Waals surface area contributed by atoms with Crippen molar-refractivity contribution in [3.05, 3.63) is 87.4 Å². The zero-order chi connectivity index (χ0) is 20.8. The van der Waals surface area contributed by atoms with Crippen molar-refractivity contribution in [1.82, 2.24) is 5.01 Å². The van der Waals surface area contributed by atoms with Gasteiger partial charge in [0, 0.05) is 22.0 Å². The van der Waals surface area contributed by atoms with Crippen LogP contribution in [-0.4, -0.2) is 22.9 Å². The highest BCUT2D eigenvalue weighted by molar-refractivity contribution is 6.31. The molecule has 0 saturated carbocycles. The first kappa shape index (κ1) is 19.1. The lowest BCUT2D eigenvalue weighted by molar-refractivity contribution is -0.0203. The molecule has 152 valence electrons. The van der Waals surface area contributed by atoms with Gasteiger partial charge in [-0.25, -0.2) is 5.01 Å². The fraction of sp³-hybridized carbons (Fsp3) is 0.174. The maximum absolute atomic E-state index is 10.5. The molecule has 0 aromatic heterocycles. The number of phenols is 1. The Kier molecular flexibility index (Phi) is 4.72. The number of methoxy groups -OCH3 is 1. The van der Waals surface area contributed by atoms with E-state index in [1.54, 1.807) is 31.4 Å². The Hall–Kier alpha value is -2.89. The first-order valence-corrected chi connectivity index (χ1v) is 10.2. The van der Waals surface area contributed by atoms with Crippen molar-refractivity contribution in [2.75, 3.05) is 7.11 Å². The van der Waals surface area contributed by atoms with Crippen LogP contribution < -0.4 is 9.47 Å². The van der Waals surface area contributed by atoms with Crippen LogP contribution in [0.4, 0.5) is 0 Å². The minimum absolute atomic E-state index is 0.0760. The molecule has 2 aliphatic heterocycles. The lowest BCUT2D eigenvalue weighted by Gasteiger charge is -2.38. The maximum atomic E-state index is 10.5. The summed E-state index contributed by atoms with van der Waals surface area (Å²) in [6, 6.07) is 18.2. The Morgan fingerprint density at radius 3 is 2.43 bits per heavy atom. The van der Waals surface area contributed by atoms with Crippen LogP contribution in [0, 0.1) is 0 Å². The molecule has 5 rings (SSSR count). The second-order valence-corrected chi connectivity index (χ2v) is 8.10. The van der Waals surface area contributed by atoms with Crippen LogP contribution >= 0.6 is 23.2 Å². The molecule has 0 radical (unpaired) electrons. The number of ether oxygens (including phenoxy) is 2. The van der Waals surface area contributed by atoms with Gasteiger partial charge in [0.05, 0.1) is 24.4 Å². The standard InChI is InChI=1S/C23H18Cl2N2O3/c1-29-16-6-2-13(3-7-16)19-12-20-17-10-15(25)5-9-22(17)30-23(27(20)26-19)18-11-14(24)4-8-21(18)28/h2-11,20,23,28H,12H2,1H3/t20-,23-/m0/s1. The summed E-state index contributed by atoms with van der Waals surface area (Å²) in [7, 11) is 1.64. The van der Waals surface area contributed by atoms with Gasteiger partial charge in [-0.3, -0.25) is 0 Å². The third-order valence-electron chi connectivity index (χ3n) is 5.43. The van der Waals surface area contributed by atoms with Crippen LogP contribution in [-0.2, 0) is 0 Å². The largest absolute Gasteiger partial charge is 0.507 e. The molecule has 0 aliphatic carbocycles. The molecule has 3 aromatic rings. The Labute approximate surface area is 184 Å². The normalized spacial score (nSPS) is 19.6. The molecule has 2 aliphatic rings. The number of hydrazone groups is 1. The van der Waals surface area contributed by atoms with Gasteiger partial charge in [0.2, 0.25) is 6.23 Å². The van der Waals surface area contributed by atoms with Crippen molar-refractivity contribution in [2.45, 2.75) is 18.7 Å². The molecule has 0 fully saturated rings. The highest BCUT2D eigenvalue weighted by Gasteiger charge is 2.42. The number of halogens is 2. The van der Waals surface area contributed by atoms with Gasteiger partial charge in [0.15, 0.2) is 0 Å². The number of benzene rings is 3. The van der Waals surface area contributed by atoms with E-state index >= 15 is 0 Å². The molecule has 7 heteroatoms. The smallest absolute Gasteiger partial charge is 0.217 e. The molecule has 2 atom stereocenters. The van der Waals surface area contributed by atoms with Crippen molar-refractivity contribution in [1.29, 1.82) is 0 Å². The zero-order valence-electron chi connectivity index (χ0n) is 16.0. The van der Waals surface area contributed by atoms with E-state index in [2.05, 4.69) is 0 Å². The second kappa shape index (κ2) is 7.42. The van der Waals surface area contributed by atoms with Crippen molar-refractivity contribution in [3.8, 4) is 17.2 Å². The molecule has 0 unspecified atom stereocenters. The third kappa shape index (κ3) is 3.24. The Morgan fingerprint density at radius 1 is 1.00 bits per heavy atom. The lowest BCUT2D eigenvalue weighted by Crippen LogP contribution is -2.33. The molecule has 0 spiro atoms. The number of aromatic hydroxyl groups is 1. The van der Waals surface area contributed by atoms with E-state index in [0.29, 0.717) is 22.0 Å². The highest BCUT2D eigenvalue weighted by atomic mass is 35.5. The van der Waals surface area contributed by atoms with E-state index in [4.69, 9.17) is 37.8 Å². The summed E-state index contributed by atoms with van der Waals surface area (Å²) in [5.74, 6) is 1.61. The van der Waals surface area contributed by atoms with E-state index in [-0.39, 0.29) is 11.8 Å². The van der Waals surface area contributed by atoms with Crippen LogP contribution in [0.1, 0.15) is 35.4 Å². The minimum Gasteiger partial charge on any atom is -0.507 e. The van der Waals surface area contributed by atoms with E-state index < -0.39 is 6.23 Å². The summed E-state index contributed by atoms with van der Waals surface area (Å²) in [6.45, 7) is 0. The molecule has 0 amide bonds. The van der Waals surface area contributed by atoms with E-state index in [9.17, 15) is 5.11 Å². The molecule has 30 heavy (non-hydrogen) atoms. The Morgan fingerprint density at radius 2 is 1.70 bits per heavy atom. The predicted octanol–water partition coefficient (Wildman–Crippen LogP) is 5.95. The monoisotopic (exact) mass is 440 g/mol.